The molecule has 198 valence electrons. The first-order chi connectivity index (χ1) is 20.3. The number of aromatic nitrogens is 7. The van der Waals surface area contributed by atoms with Crippen molar-refractivity contribution in [3.63, 3.8) is 0 Å². The van der Waals surface area contributed by atoms with Gasteiger partial charge in [-0.2, -0.15) is 5.10 Å². The molecule has 0 atom stereocenters. The van der Waals surface area contributed by atoms with E-state index in [2.05, 4.69) is 25.1 Å². The van der Waals surface area contributed by atoms with Crippen molar-refractivity contribution in [2.75, 3.05) is 6.79 Å². The van der Waals surface area contributed by atoms with E-state index in [1.165, 1.54) is 0 Å². The van der Waals surface area contributed by atoms with Crippen molar-refractivity contribution in [1.82, 2.24) is 35.1 Å². The molecule has 5 aromatic heterocycles. The van der Waals surface area contributed by atoms with E-state index in [4.69, 9.17) is 24.2 Å². The maximum Gasteiger partial charge on any atom is 0.231 e. The fourth-order valence-electron chi connectivity index (χ4n) is 4.92. The summed E-state index contributed by atoms with van der Waals surface area (Å²) in [7, 11) is 0. The van der Waals surface area contributed by atoms with Crippen LogP contribution in [0, 0.1) is 0 Å². The molecule has 0 spiro atoms. The minimum Gasteiger partial charge on any atom is -0.487 e. The summed E-state index contributed by atoms with van der Waals surface area (Å²) in [6.45, 7) is 0.679. The Morgan fingerprint density at radius 1 is 0.829 bits per heavy atom. The Morgan fingerprint density at radius 3 is 2.71 bits per heavy atom. The summed E-state index contributed by atoms with van der Waals surface area (Å²) in [4.78, 5) is 22.0. The maximum absolute atomic E-state index is 5.98. The van der Waals surface area contributed by atoms with Gasteiger partial charge in [0.25, 0.3) is 0 Å². The zero-order valence-electron chi connectivity index (χ0n) is 21.5. The second-order valence-corrected chi connectivity index (χ2v) is 9.56. The first-order valence-corrected chi connectivity index (χ1v) is 13.0. The fraction of sp³-hybridized carbons (Fsp3) is 0.0645. The highest BCUT2D eigenvalue weighted by molar-refractivity contribution is 5.95. The molecule has 0 aliphatic carbocycles. The van der Waals surface area contributed by atoms with Crippen LogP contribution >= 0.6 is 0 Å². The molecule has 2 N–H and O–H groups in total. The number of aromatic amines is 2. The normalized spacial score (nSPS) is 12.3. The number of fused-ring (bicyclic) bond motifs is 3. The number of imidazole rings is 1. The quantitative estimate of drug-likeness (QED) is 0.266. The first kappa shape index (κ1) is 23.1. The molecule has 41 heavy (non-hydrogen) atoms. The Bertz CT molecular complexity index is 2050. The number of benzene rings is 2. The molecular formula is C31H21N7O3. The van der Waals surface area contributed by atoms with E-state index in [0.29, 0.717) is 40.8 Å². The van der Waals surface area contributed by atoms with Crippen molar-refractivity contribution in [3.05, 3.63) is 97.0 Å². The van der Waals surface area contributed by atoms with E-state index in [9.17, 15) is 0 Å². The predicted octanol–water partition coefficient (Wildman–Crippen LogP) is 5.93. The Morgan fingerprint density at radius 2 is 1.76 bits per heavy atom. The number of pyridine rings is 3. The Labute approximate surface area is 233 Å². The SMILES string of the molecule is c1ccc(COc2cncc(-c3ccc4[nH]nc(-c5nc6c(-c7ccc8c(c7)OCO8)ccnc6[nH]5)c4n3)c2)cc1. The van der Waals surface area contributed by atoms with Crippen LogP contribution in [-0.2, 0) is 6.61 Å². The molecule has 6 heterocycles. The summed E-state index contributed by atoms with van der Waals surface area (Å²) in [6.07, 6.45) is 5.22. The van der Waals surface area contributed by atoms with Crippen LogP contribution in [-0.4, -0.2) is 41.9 Å². The molecule has 0 radical (unpaired) electrons. The van der Waals surface area contributed by atoms with Crippen LogP contribution in [0.25, 0.3) is 56.1 Å². The molecule has 0 saturated heterocycles. The van der Waals surface area contributed by atoms with Crippen LogP contribution in [0.2, 0.25) is 0 Å². The van der Waals surface area contributed by atoms with Crippen LogP contribution in [0.1, 0.15) is 5.56 Å². The number of hydrogen-bond acceptors (Lipinski definition) is 8. The molecule has 10 nitrogen and oxygen atoms in total. The summed E-state index contributed by atoms with van der Waals surface area (Å²) < 4.78 is 17.0. The third-order valence-corrected chi connectivity index (χ3v) is 6.96. The van der Waals surface area contributed by atoms with Gasteiger partial charge in [-0.15, -0.1) is 0 Å². The van der Waals surface area contributed by atoms with Crippen molar-refractivity contribution in [2.45, 2.75) is 6.61 Å². The highest BCUT2D eigenvalue weighted by Gasteiger charge is 2.19. The van der Waals surface area contributed by atoms with Crippen molar-refractivity contribution in [3.8, 4) is 51.2 Å². The van der Waals surface area contributed by atoms with E-state index in [-0.39, 0.29) is 6.79 Å². The Kier molecular flexibility index (Phi) is 5.34. The van der Waals surface area contributed by atoms with Crippen LogP contribution < -0.4 is 14.2 Å². The zero-order valence-corrected chi connectivity index (χ0v) is 21.5. The topological polar surface area (TPSA) is 124 Å². The summed E-state index contributed by atoms with van der Waals surface area (Å²) in [5.74, 6) is 2.67. The number of nitrogens with one attached hydrogen (secondary N) is 2. The monoisotopic (exact) mass is 539 g/mol. The third-order valence-electron chi connectivity index (χ3n) is 6.96. The van der Waals surface area contributed by atoms with Gasteiger partial charge < -0.3 is 19.2 Å². The minimum atomic E-state index is 0.222. The van der Waals surface area contributed by atoms with E-state index in [1.54, 1.807) is 18.6 Å². The maximum atomic E-state index is 5.98. The number of rotatable bonds is 6. The van der Waals surface area contributed by atoms with Gasteiger partial charge in [0, 0.05) is 23.5 Å². The molecule has 1 aliphatic rings. The Balaban J connectivity index is 1.14. The molecule has 0 amide bonds. The molecule has 0 saturated carbocycles. The molecule has 10 heteroatoms. The van der Waals surface area contributed by atoms with Gasteiger partial charge in [0.15, 0.2) is 28.7 Å². The van der Waals surface area contributed by atoms with Gasteiger partial charge in [0.1, 0.15) is 23.4 Å². The van der Waals surface area contributed by atoms with Crippen LogP contribution in [0.15, 0.2) is 91.4 Å². The second kappa shape index (κ2) is 9.45. The fourth-order valence-corrected chi connectivity index (χ4v) is 4.92. The molecular weight excluding hydrogens is 518 g/mol. The largest absolute Gasteiger partial charge is 0.487 e. The lowest BCUT2D eigenvalue weighted by molar-refractivity contribution is 0.174. The number of H-pyrrole nitrogens is 2. The average molecular weight is 540 g/mol. The Hall–Kier alpha value is -5.77. The van der Waals surface area contributed by atoms with Crippen LogP contribution in [0.4, 0.5) is 0 Å². The van der Waals surface area contributed by atoms with Crippen molar-refractivity contribution in [2.24, 2.45) is 0 Å². The molecule has 0 bridgehead atoms. The van der Waals surface area contributed by atoms with E-state index < -0.39 is 0 Å². The van der Waals surface area contributed by atoms with Gasteiger partial charge in [0.05, 0.1) is 17.4 Å². The van der Waals surface area contributed by atoms with Crippen molar-refractivity contribution in [1.29, 1.82) is 0 Å². The number of ether oxygens (including phenoxy) is 3. The van der Waals surface area contributed by atoms with E-state index >= 15 is 0 Å². The van der Waals surface area contributed by atoms with Gasteiger partial charge in [0.2, 0.25) is 6.79 Å². The summed E-state index contributed by atoms with van der Waals surface area (Å²) in [5, 5.41) is 7.61. The molecule has 0 fully saturated rings. The summed E-state index contributed by atoms with van der Waals surface area (Å²) >= 11 is 0. The summed E-state index contributed by atoms with van der Waals surface area (Å²) in [5.41, 5.74) is 7.98. The molecule has 1 aliphatic heterocycles. The molecule has 8 rings (SSSR count). The third kappa shape index (κ3) is 4.18. The number of nitrogens with zero attached hydrogens (tertiary/aromatic N) is 5. The number of hydrogen-bond donors (Lipinski definition) is 2. The first-order valence-electron chi connectivity index (χ1n) is 13.0. The van der Waals surface area contributed by atoms with Gasteiger partial charge in [-0.25, -0.2) is 15.0 Å². The lowest BCUT2D eigenvalue weighted by atomic mass is 10.1. The molecule has 0 unspecified atom stereocenters. The molecule has 7 aromatic rings. The van der Waals surface area contributed by atoms with Crippen molar-refractivity contribution >= 4 is 22.2 Å². The zero-order chi connectivity index (χ0) is 27.2. The highest BCUT2D eigenvalue weighted by Crippen LogP contribution is 2.38. The van der Waals surface area contributed by atoms with Gasteiger partial charge in [-0.3, -0.25) is 10.1 Å². The highest BCUT2D eigenvalue weighted by atomic mass is 16.7. The van der Waals surface area contributed by atoms with Crippen LogP contribution in [0.5, 0.6) is 17.2 Å². The smallest absolute Gasteiger partial charge is 0.231 e. The predicted molar refractivity (Wildman–Crippen MR) is 152 cm³/mol. The molecule has 2 aromatic carbocycles. The van der Waals surface area contributed by atoms with Crippen LogP contribution in [0.3, 0.4) is 0 Å². The lowest BCUT2D eigenvalue weighted by Gasteiger charge is -2.08. The summed E-state index contributed by atoms with van der Waals surface area (Å²) in [6, 6.07) is 23.6. The van der Waals surface area contributed by atoms with E-state index in [0.717, 1.165) is 44.7 Å². The van der Waals surface area contributed by atoms with Gasteiger partial charge in [-0.05, 0) is 47.5 Å². The average Bonchev–Trinajstić information content (AvgIpc) is 3.78. The van der Waals surface area contributed by atoms with E-state index in [1.807, 2.05) is 72.8 Å². The van der Waals surface area contributed by atoms with Gasteiger partial charge in [-0.1, -0.05) is 36.4 Å². The van der Waals surface area contributed by atoms with Gasteiger partial charge >= 0.3 is 0 Å². The second-order valence-electron chi connectivity index (χ2n) is 9.56. The minimum absolute atomic E-state index is 0.222. The van der Waals surface area contributed by atoms with Crippen molar-refractivity contribution < 1.29 is 14.2 Å². The standard InChI is InChI=1S/C31H21N7O3/c1-2-4-18(5-3-1)16-39-21-12-20(14-32-15-21)23-7-8-24-28(34-23)29(38-37-24)31-35-27-22(10-11-33-30(27)36-31)19-6-9-25-26(13-19)41-17-40-25/h1-15H,16-17H2,(H,37,38)(H,33,35,36). The lowest BCUT2D eigenvalue weighted by Crippen LogP contribution is -1.96.